The van der Waals surface area contributed by atoms with E-state index < -0.39 is 22.4 Å². The number of rotatable bonds is 6. The molecule has 0 aliphatic heterocycles. The molecule has 0 spiro atoms. The zero-order valence-corrected chi connectivity index (χ0v) is 14.8. The van der Waals surface area contributed by atoms with Crippen LogP contribution in [0.3, 0.4) is 0 Å². The third kappa shape index (κ3) is 24.2. The van der Waals surface area contributed by atoms with Crippen LogP contribution in [0.4, 0.5) is 0 Å². The van der Waals surface area contributed by atoms with Crippen molar-refractivity contribution in [3.8, 4) is 0 Å². The number of carbonyl (C=O) groups is 2. The van der Waals surface area contributed by atoms with Gasteiger partial charge in [-0.1, -0.05) is 0 Å². The molecule has 0 saturated carbocycles. The first-order valence-corrected chi connectivity index (χ1v) is 7.58. The molecule has 0 saturated heterocycles. The van der Waals surface area contributed by atoms with Crippen LogP contribution in [0.5, 0.6) is 0 Å². The Morgan fingerprint density at radius 2 is 1.41 bits per heavy atom. The Bertz CT molecular complexity index is 414. The van der Waals surface area contributed by atoms with Crippen LogP contribution >= 0.6 is 13.5 Å². The second kappa shape index (κ2) is 12.6. The number of carbonyl (C=O) groups excluding carboxylic acids is 2. The molecule has 11 heteroatoms. The van der Waals surface area contributed by atoms with Gasteiger partial charge >= 0.3 is 22.3 Å². The third-order valence-corrected chi connectivity index (χ3v) is 1.68. The Kier molecular flexibility index (Phi) is 15.0. The predicted octanol–water partition coefficient (Wildman–Crippen LogP) is 0.457. The second-order valence-electron chi connectivity index (χ2n) is 4.62. The van der Waals surface area contributed by atoms with E-state index in [9.17, 15) is 9.59 Å². The highest BCUT2D eigenvalue weighted by Gasteiger charge is 2.18. The van der Waals surface area contributed by atoms with Gasteiger partial charge in [-0.05, 0) is 34.1 Å². The Morgan fingerprint density at radius 1 is 1.05 bits per heavy atom. The van der Waals surface area contributed by atoms with Gasteiger partial charge in [0.2, 0.25) is 0 Å². The van der Waals surface area contributed by atoms with E-state index in [2.05, 4.69) is 0 Å². The normalized spacial score (nSPS) is 11.9. The van der Waals surface area contributed by atoms with E-state index in [1.165, 1.54) is 0 Å². The van der Waals surface area contributed by atoms with Crippen molar-refractivity contribution in [2.75, 3.05) is 0 Å². The van der Waals surface area contributed by atoms with Crippen LogP contribution < -0.4 is 5.73 Å². The minimum Gasteiger partial charge on any atom is -0.463 e. The molecule has 4 N–H and O–H groups in total. The molecular weight excluding hydrogens is 338 g/mol. The van der Waals surface area contributed by atoms with E-state index in [0.717, 1.165) is 0 Å². The van der Waals surface area contributed by atoms with E-state index in [1.807, 2.05) is 0 Å². The van der Waals surface area contributed by atoms with E-state index in [-0.39, 0.29) is 44.5 Å². The zero-order valence-electron chi connectivity index (χ0n) is 13.0. The van der Waals surface area contributed by atoms with Crippen LogP contribution in [0.25, 0.3) is 0 Å². The summed E-state index contributed by atoms with van der Waals surface area (Å²) >= 11 is 0. The van der Waals surface area contributed by atoms with Crippen LogP contribution in [0.15, 0.2) is 0 Å². The molecule has 22 heavy (non-hydrogen) atoms. The third-order valence-electron chi connectivity index (χ3n) is 1.68. The predicted molar refractivity (Wildman–Crippen MR) is 84.2 cm³/mol. The Morgan fingerprint density at radius 3 is 1.73 bits per heavy atom. The summed E-state index contributed by atoms with van der Waals surface area (Å²) in [7, 11) is -4.67. The second-order valence-corrected chi connectivity index (χ2v) is 5.51. The van der Waals surface area contributed by atoms with Crippen molar-refractivity contribution >= 4 is 35.8 Å². The number of hydrogen-bond acceptors (Lipinski definition) is 7. The maximum absolute atomic E-state index is 11.3. The van der Waals surface area contributed by atoms with E-state index >= 15 is 0 Å². The van der Waals surface area contributed by atoms with Gasteiger partial charge in [0.25, 0.3) is 0 Å². The van der Waals surface area contributed by atoms with E-state index in [1.54, 1.807) is 27.7 Å². The largest absolute Gasteiger partial charge is 0.463 e. The van der Waals surface area contributed by atoms with Crippen LogP contribution in [-0.4, -0.2) is 47.7 Å². The Labute approximate surface area is 137 Å². The van der Waals surface area contributed by atoms with Crippen LogP contribution in [-0.2, 0) is 29.5 Å². The Balaban J connectivity index is -0.000000520. The van der Waals surface area contributed by atoms with Crippen molar-refractivity contribution in [2.24, 2.45) is 5.73 Å². The molecule has 0 aromatic carbocycles. The average Bonchev–Trinajstić information content (AvgIpc) is 2.21. The lowest BCUT2D eigenvalue weighted by molar-refractivity contribution is -0.150. The van der Waals surface area contributed by atoms with Crippen LogP contribution in [0.1, 0.15) is 40.5 Å². The minimum atomic E-state index is -4.67. The SMILES string of the molecule is CC(C)OC(=O)CC[C@H](N)C(=O)OC(C)C.O=S(=O)(O)O.S. The van der Waals surface area contributed by atoms with Crippen molar-refractivity contribution < 1.29 is 36.6 Å². The summed E-state index contributed by atoms with van der Waals surface area (Å²) < 4.78 is 41.4. The van der Waals surface area contributed by atoms with Gasteiger partial charge in [-0.3, -0.25) is 18.7 Å². The molecular formula is C11H25NO8S2. The average molecular weight is 363 g/mol. The standard InChI is InChI=1S/C11H21NO4.H2O4S.H2S/c1-7(2)15-10(13)6-5-9(12)11(14)16-8(3)4;1-5(2,3)4;/h7-9H,5-6,12H2,1-4H3;(H2,1,2,3,4);1H2/t9-;;/m0../s1. The summed E-state index contributed by atoms with van der Waals surface area (Å²) in [4.78, 5) is 22.5. The molecule has 0 aliphatic carbocycles. The molecule has 1 atom stereocenters. The molecule has 0 fully saturated rings. The Hall–Kier alpha value is -0.880. The highest BCUT2D eigenvalue weighted by atomic mass is 32.3. The zero-order chi connectivity index (χ0) is 17.2. The quantitative estimate of drug-likeness (QED) is 0.451. The summed E-state index contributed by atoms with van der Waals surface area (Å²) in [5, 5.41) is 0. The van der Waals surface area contributed by atoms with Gasteiger partial charge < -0.3 is 15.2 Å². The van der Waals surface area contributed by atoms with Crippen molar-refractivity contribution in [1.29, 1.82) is 0 Å². The van der Waals surface area contributed by atoms with Gasteiger partial charge in [-0.25, -0.2) is 0 Å². The fourth-order valence-corrected chi connectivity index (χ4v) is 1.03. The molecule has 0 unspecified atom stereocenters. The molecule has 134 valence electrons. The van der Waals surface area contributed by atoms with Crippen molar-refractivity contribution in [3.63, 3.8) is 0 Å². The van der Waals surface area contributed by atoms with Gasteiger partial charge in [0, 0.05) is 6.42 Å². The monoisotopic (exact) mass is 363 g/mol. The summed E-state index contributed by atoms with van der Waals surface area (Å²) in [6.07, 6.45) is 0.0383. The molecule has 0 bridgehead atoms. The molecule has 0 radical (unpaired) electrons. The number of ether oxygens (including phenoxy) is 2. The maximum Gasteiger partial charge on any atom is 0.394 e. The summed E-state index contributed by atoms with van der Waals surface area (Å²) in [5.74, 6) is -0.824. The van der Waals surface area contributed by atoms with Crippen molar-refractivity contribution in [3.05, 3.63) is 0 Å². The summed E-state index contributed by atoms with van der Waals surface area (Å²) in [6.45, 7) is 7.03. The highest BCUT2D eigenvalue weighted by molar-refractivity contribution is 7.79. The van der Waals surface area contributed by atoms with E-state index in [0.29, 0.717) is 0 Å². The topological polar surface area (TPSA) is 153 Å². The van der Waals surface area contributed by atoms with E-state index in [4.69, 9.17) is 32.7 Å². The fraction of sp³-hybridized carbons (Fsp3) is 0.818. The molecule has 0 heterocycles. The molecule has 0 rings (SSSR count). The van der Waals surface area contributed by atoms with Gasteiger partial charge in [0.1, 0.15) is 6.04 Å². The van der Waals surface area contributed by atoms with Gasteiger partial charge in [0.05, 0.1) is 12.2 Å². The first-order valence-electron chi connectivity index (χ1n) is 6.18. The smallest absolute Gasteiger partial charge is 0.394 e. The van der Waals surface area contributed by atoms with Crippen LogP contribution in [0.2, 0.25) is 0 Å². The minimum absolute atomic E-state index is 0. The molecule has 0 aromatic heterocycles. The van der Waals surface area contributed by atoms with Gasteiger partial charge in [-0.15, -0.1) is 0 Å². The number of esters is 2. The molecule has 0 amide bonds. The van der Waals surface area contributed by atoms with Crippen molar-refractivity contribution in [1.82, 2.24) is 0 Å². The maximum atomic E-state index is 11.3. The number of hydrogen-bond donors (Lipinski definition) is 3. The van der Waals surface area contributed by atoms with Crippen LogP contribution in [0, 0.1) is 0 Å². The molecule has 9 nitrogen and oxygen atoms in total. The van der Waals surface area contributed by atoms with Gasteiger partial charge in [0.15, 0.2) is 0 Å². The molecule has 0 aliphatic rings. The number of nitrogens with two attached hydrogens (primary N) is 1. The summed E-state index contributed by atoms with van der Waals surface area (Å²) in [5.41, 5.74) is 5.56. The summed E-state index contributed by atoms with van der Waals surface area (Å²) in [6, 6.07) is -0.762. The van der Waals surface area contributed by atoms with Crippen molar-refractivity contribution in [2.45, 2.75) is 58.8 Å². The lowest BCUT2D eigenvalue weighted by Crippen LogP contribution is -2.34. The fourth-order valence-electron chi connectivity index (χ4n) is 1.03. The first kappa shape index (κ1) is 26.0. The molecule has 0 aromatic rings. The highest BCUT2D eigenvalue weighted by Crippen LogP contribution is 2.02. The lowest BCUT2D eigenvalue weighted by Gasteiger charge is -2.14. The van der Waals surface area contributed by atoms with Gasteiger partial charge in [-0.2, -0.15) is 21.9 Å². The lowest BCUT2D eigenvalue weighted by atomic mass is 10.2. The first-order chi connectivity index (χ1) is 9.32.